The van der Waals surface area contributed by atoms with Crippen molar-refractivity contribution in [3.8, 4) is 17.2 Å². The number of carbonyl (C=O) groups excluding carboxylic acids is 5. The number of aliphatic hydroxyl groups excluding tert-OH is 2. The summed E-state index contributed by atoms with van der Waals surface area (Å²) in [5, 5.41) is 68.4. The molecule has 7 rings (SSSR count). The van der Waals surface area contributed by atoms with Gasteiger partial charge >= 0.3 is 0 Å². The summed E-state index contributed by atoms with van der Waals surface area (Å²) in [6, 6.07) is 2.55. The molecule has 202 valence electrons. The number of carbonyl (C=O) groups is 5. The number of aromatic hydroxyl groups is 3. The lowest BCUT2D eigenvalue weighted by atomic mass is 9.46. The number of Topliss-reactive ketones (excluding diaryl/α,β-unsaturated/α-hetero) is 4. The zero-order valence-electron chi connectivity index (χ0n) is 20.9. The molecule has 11 heteroatoms. The summed E-state index contributed by atoms with van der Waals surface area (Å²) in [4.78, 5) is 67.9. The predicted octanol–water partition coefficient (Wildman–Crippen LogP) is 1.42. The van der Waals surface area contributed by atoms with Gasteiger partial charge in [0.25, 0.3) is 0 Å². The molecule has 5 aliphatic carbocycles. The third kappa shape index (κ3) is 2.26. The molecule has 5 aliphatic rings. The lowest BCUT2D eigenvalue weighted by molar-refractivity contribution is -0.182. The number of benzene rings is 2. The van der Waals surface area contributed by atoms with Gasteiger partial charge in [-0.15, -0.1) is 0 Å². The highest BCUT2D eigenvalue weighted by molar-refractivity contribution is 6.29. The van der Waals surface area contributed by atoms with Crippen LogP contribution in [0.5, 0.6) is 17.2 Å². The zero-order valence-corrected chi connectivity index (χ0v) is 20.9. The molecular weight excluding hydrogens is 524 g/mol. The van der Waals surface area contributed by atoms with Gasteiger partial charge in [0.2, 0.25) is 0 Å². The minimum Gasteiger partial charge on any atom is -0.507 e. The molecule has 40 heavy (non-hydrogen) atoms. The average Bonchev–Trinajstić information content (AvgIpc) is 3.18. The van der Waals surface area contributed by atoms with E-state index in [1.165, 1.54) is 19.1 Å². The number of aryl methyl sites for hydroxylation is 1. The molecule has 0 amide bonds. The van der Waals surface area contributed by atoms with Crippen LogP contribution in [0, 0.1) is 12.3 Å². The second kappa shape index (κ2) is 6.93. The number of ketones is 5. The van der Waals surface area contributed by atoms with Gasteiger partial charge in [-0.05, 0) is 37.6 Å². The molecule has 0 heterocycles. The first kappa shape index (κ1) is 24.4. The molecule has 5 atom stereocenters. The molecule has 11 nitrogen and oxygen atoms in total. The summed E-state index contributed by atoms with van der Waals surface area (Å²) in [7, 11) is 0. The molecule has 2 fully saturated rings. The van der Waals surface area contributed by atoms with Crippen LogP contribution in [0.25, 0.3) is 5.76 Å². The molecule has 2 bridgehead atoms. The van der Waals surface area contributed by atoms with Crippen molar-refractivity contribution in [2.75, 3.05) is 0 Å². The number of allylic oxidation sites excluding steroid dienone is 2. The van der Waals surface area contributed by atoms with Gasteiger partial charge in [0, 0.05) is 28.7 Å². The van der Waals surface area contributed by atoms with Crippen molar-refractivity contribution < 1.29 is 54.6 Å². The normalized spacial score (nSPS) is 31.6. The molecule has 0 unspecified atom stereocenters. The van der Waals surface area contributed by atoms with Crippen molar-refractivity contribution >= 4 is 34.7 Å². The number of fused-ring (bicyclic) bond motifs is 5. The molecule has 2 saturated carbocycles. The minimum absolute atomic E-state index is 0.0640. The topological polar surface area (TPSA) is 207 Å². The number of aliphatic hydroxyl groups is 3. The lowest BCUT2D eigenvalue weighted by Gasteiger charge is -2.56. The summed E-state index contributed by atoms with van der Waals surface area (Å²) in [5.41, 5.74) is -8.62. The first-order valence-electron chi connectivity index (χ1n) is 12.4. The Kier molecular flexibility index (Phi) is 4.23. The first-order valence-corrected chi connectivity index (χ1v) is 12.4. The molecule has 0 radical (unpaired) electrons. The number of rotatable bonds is 0. The Hall–Kier alpha value is -4.61. The van der Waals surface area contributed by atoms with Gasteiger partial charge in [0.1, 0.15) is 45.9 Å². The molecule has 0 saturated heterocycles. The summed E-state index contributed by atoms with van der Waals surface area (Å²) < 4.78 is 0. The predicted molar refractivity (Wildman–Crippen MR) is 132 cm³/mol. The van der Waals surface area contributed by atoms with E-state index in [-0.39, 0.29) is 11.1 Å². The summed E-state index contributed by atoms with van der Waals surface area (Å²) >= 11 is 0. The lowest BCUT2D eigenvalue weighted by Crippen LogP contribution is -2.71. The Balaban J connectivity index is 1.61. The van der Waals surface area contributed by atoms with Gasteiger partial charge in [-0.25, -0.2) is 0 Å². The van der Waals surface area contributed by atoms with Crippen LogP contribution >= 0.6 is 0 Å². The fourth-order valence-electron chi connectivity index (χ4n) is 7.71. The van der Waals surface area contributed by atoms with Crippen LogP contribution in [0.15, 0.2) is 29.4 Å². The second-order valence-electron chi connectivity index (χ2n) is 11.2. The molecule has 0 aliphatic heterocycles. The van der Waals surface area contributed by atoms with E-state index in [0.29, 0.717) is 5.56 Å². The highest BCUT2D eigenvalue weighted by atomic mass is 16.4. The van der Waals surface area contributed by atoms with Gasteiger partial charge < -0.3 is 30.6 Å². The van der Waals surface area contributed by atoms with E-state index in [4.69, 9.17) is 0 Å². The van der Waals surface area contributed by atoms with E-state index >= 15 is 0 Å². The van der Waals surface area contributed by atoms with E-state index in [0.717, 1.165) is 6.08 Å². The number of phenolic OH excluding ortho intramolecular Hbond substituents is 3. The van der Waals surface area contributed by atoms with Crippen LogP contribution in [0.3, 0.4) is 0 Å². The quantitative estimate of drug-likeness (QED) is 0.261. The summed E-state index contributed by atoms with van der Waals surface area (Å²) in [5.74, 6) is -11.9. The van der Waals surface area contributed by atoms with Crippen LogP contribution in [0.4, 0.5) is 0 Å². The Labute approximate surface area is 224 Å². The van der Waals surface area contributed by atoms with Gasteiger partial charge in [-0.1, -0.05) is 0 Å². The van der Waals surface area contributed by atoms with E-state index < -0.39 is 121 Å². The maximum absolute atomic E-state index is 14.2. The standard InChI is InChI=1S/C29H20O11/c1-7-3-9-13(10(30)4-7)24(36)20-25(37)19-16-15(18-12(32)6-28(20,26(9)38)27(39)29(18,19)40)23(35)17-14(22(16)34)11(31)5-8(2)21(17)33/h3-5,18-19,27,30,34-36,39-40H,6H2,1-2H3/t18-,19-,27-,28-,29+/m1/s1. The molecule has 6 N–H and O–H groups in total. The van der Waals surface area contributed by atoms with Crippen LogP contribution in [0.1, 0.15) is 78.5 Å². The molecule has 2 aromatic rings. The van der Waals surface area contributed by atoms with Crippen molar-refractivity contribution in [3.05, 3.63) is 68.3 Å². The fraction of sp³-hybridized carbons (Fsp3) is 0.276. The van der Waals surface area contributed by atoms with Crippen LogP contribution < -0.4 is 0 Å². The van der Waals surface area contributed by atoms with E-state index in [2.05, 4.69) is 0 Å². The van der Waals surface area contributed by atoms with Crippen LogP contribution in [-0.2, 0) is 9.59 Å². The highest BCUT2D eigenvalue weighted by Gasteiger charge is 2.78. The van der Waals surface area contributed by atoms with E-state index in [9.17, 15) is 54.6 Å². The van der Waals surface area contributed by atoms with Crippen molar-refractivity contribution in [2.24, 2.45) is 5.41 Å². The number of phenols is 3. The van der Waals surface area contributed by atoms with Gasteiger partial charge in [-0.2, -0.15) is 0 Å². The Bertz CT molecular complexity index is 1830. The largest absolute Gasteiger partial charge is 0.507 e. The van der Waals surface area contributed by atoms with E-state index in [1.807, 2.05) is 0 Å². The maximum Gasteiger partial charge on any atom is 0.193 e. The molecule has 1 spiro atoms. The van der Waals surface area contributed by atoms with Crippen molar-refractivity contribution in [2.45, 2.75) is 43.8 Å². The first-order chi connectivity index (χ1) is 18.7. The third-order valence-electron chi connectivity index (χ3n) is 9.23. The maximum atomic E-state index is 14.2. The van der Waals surface area contributed by atoms with Crippen LogP contribution in [0.2, 0.25) is 0 Å². The molecule has 0 aromatic heterocycles. The van der Waals surface area contributed by atoms with Gasteiger partial charge in [-0.3, -0.25) is 24.0 Å². The molecule has 2 aromatic carbocycles. The van der Waals surface area contributed by atoms with Gasteiger partial charge in [0.15, 0.2) is 23.1 Å². The summed E-state index contributed by atoms with van der Waals surface area (Å²) in [6.07, 6.45) is -2.18. The second-order valence-corrected chi connectivity index (χ2v) is 11.2. The van der Waals surface area contributed by atoms with Crippen molar-refractivity contribution in [3.63, 3.8) is 0 Å². The molecular formula is C29H20O11. The average molecular weight is 544 g/mol. The minimum atomic E-state index is -2.80. The fourth-order valence-corrected chi connectivity index (χ4v) is 7.71. The Morgan fingerprint density at radius 3 is 2.15 bits per heavy atom. The van der Waals surface area contributed by atoms with Crippen LogP contribution in [-0.4, -0.2) is 71.3 Å². The van der Waals surface area contributed by atoms with Gasteiger partial charge in [0.05, 0.1) is 34.1 Å². The number of hydrogen-bond donors (Lipinski definition) is 6. The highest BCUT2D eigenvalue weighted by Crippen LogP contribution is 2.70. The van der Waals surface area contributed by atoms with Crippen molar-refractivity contribution in [1.82, 2.24) is 0 Å². The smallest absolute Gasteiger partial charge is 0.193 e. The monoisotopic (exact) mass is 544 g/mol. The van der Waals surface area contributed by atoms with E-state index in [1.54, 1.807) is 6.92 Å². The Morgan fingerprint density at radius 2 is 1.48 bits per heavy atom. The third-order valence-corrected chi connectivity index (χ3v) is 9.23. The zero-order chi connectivity index (χ0) is 29.0. The SMILES string of the molecule is CC1=CC(=O)c2c(O)c3c(c(O)c2C1=O)[C@H]1C(=O)C[C@]24C(=O)c5cc(C)cc(O)c5C(O)=C2C(=O)[C@@H]3[C@]1(O)[C@@H]4O. The van der Waals surface area contributed by atoms with Crippen molar-refractivity contribution in [1.29, 1.82) is 0 Å². The Morgan fingerprint density at radius 1 is 0.850 bits per heavy atom. The summed E-state index contributed by atoms with van der Waals surface area (Å²) in [6.45, 7) is 2.86. The number of hydrogen-bond acceptors (Lipinski definition) is 11.